The van der Waals surface area contributed by atoms with E-state index in [1.54, 1.807) is 0 Å². The number of hydrogen-bond donors (Lipinski definition) is 0. The standard InChI is InChI=1S/C4H6S5/c1-3(5-1)7-9-8-4-2-6-4/h3-4H,1-2H2. The van der Waals surface area contributed by atoms with Crippen molar-refractivity contribution in [1.82, 2.24) is 0 Å². The summed E-state index contributed by atoms with van der Waals surface area (Å²) in [4.78, 5) is 0. The van der Waals surface area contributed by atoms with Gasteiger partial charge in [0.2, 0.25) is 0 Å². The van der Waals surface area contributed by atoms with E-state index >= 15 is 0 Å². The smallest absolute Gasteiger partial charge is 0.0705 e. The van der Waals surface area contributed by atoms with Crippen LogP contribution in [0.1, 0.15) is 0 Å². The van der Waals surface area contributed by atoms with Gasteiger partial charge in [-0.3, -0.25) is 0 Å². The highest BCUT2D eigenvalue weighted by molar-refractivity contribution is 9.11. The molecule has 0 bridgehead atoms. The average molecular weight is 214 g/mol. The van der Waals surface area contributed by atoms with Crippen molar-refractivity contribution in [1.29, 1.82) is 0 Å². The molecular formula is C4H6S5. The fourth-order valence-corrected chi connectivity index (χ4v) is 8.42. The molecular weight excluding hydrogens is 208 g/mol. The molecule has 0 nitrogen and oxygen atoms in total. The van der Waals surface area contributed by atoms with E-state index in [9.17, 15) is 0 Å². The third kappa shape index (κ3) is 3.10. The molecule has 9 heavy (non-hydrogen) atoms. The van der Waals surface area contributed by atoms with Crippen LogP contribution < -0.4 is 0 Å². The molecule has 0 aromatic heterocycles. The van der Waals surface area contributed by atoms with Crippen molar-refractivity contribution in [2.24, 2.45) is 0 Å². The molecule has 0 amide bonds. The summed E-state index contributed by atoms with van der Waals surface area (Å²) >= 11 is 4.12. The molecule has 2 unspecified atom stereocenters. The highest BCUT2D eigenvalue weighted by atomic mass is 33.5. The molecule has 0 N–H and O–H groups in total. The van der Waals surface area contributed by atoms with E-state index in [-0.39, 0.29) is 0 Å². The molecule has 0 aromatic rings. The fourth-order valence-electron chi connectivity index (χ4n) is 0.300. The lowest BCUT2D eigenvalue weighted by molar-refractivity contribution is 1.65. The predicted octanol–water partition coefficient (Wildman–Crippen LogP) is 3.16. The Morgan fingerprint density at radius 3 is 1.78 bits per heavy atom. The van der Waals surface area contributed by atoms with Gasteiger partial charge in [0.1, 0.15) is 0 Å². The van der Waals surface area contributed by atoms with Crippen LogP contribution in [-0.4, -0.2) is 20.7 Å². The van der Waals surface area contributed by atoms with Gasteiger partial charge in [0.25, 0.3) is 0 Å². The first-order chi connectivity index (χ1) is 4.45. The molecule has 2 atom stereocenters. The van der Waals surface area contributed by atoms with Gasteiger partial charge in [-0.15, -0.1) is 23.5 Å². The molecule has 0 spiro atoms. The van der Waals surface area contributed by atoms with E-state index in [2.05, 4.69) is 23.5 Å². The molecule has 2 heterocycles. The van der Waals surface area contributed by atoms with Crippen molar-refractivity contribution >= 4 is 54.9 Å². The van der Waals surface area contributed by atoms with Crippen LogP contribution in [0, 0.1) is 0 Å². The lowest BCUT2D eigenvalue weighted by atomic mass is 11.0. The largest absolute Gasteiger partial charge is 0.144 e. The number of thioether (sulfide) groups is 2. The Labute approximate surface area is 75.2 Å². The quantitative estimate of drug-likeness (QED) is 0.519. The highest BCUT2D eigenvalue weighted by Crippen LogP contribution is 2.55. The van der Waals surface area contributed by atoms with Crippen molar-refractivity contribution in [2.45, 2.75) is 9.16 Å². The second-order valence-corrected chi connectivity index (χ2v) is 9.30. The SMILES string of the molecule is C1SC1SSSC1CS1. The topological polar surface area (TPSA) is 0 Å². The van der Waals surface area contributed by atoms with Crippen LogP contribution in [0.3, 0.4) is 0 Å². The van der Waals surface area contributed by atoms with E-state index in [0.29, 0.717) is 0 Å². The van der Waals surface area contributed by atoms with Crippen molar-refractivity contribution in [2.75, 3.05) is 11.5 Å². The Balaban J connectivity index is 1.46. The van der Waals surface area contributed by atoms with Crippen LogP contribution in [0.4, 0.5) is 0 Å². The van der Waals surface area contributed by atoms with Crippen molar-refractivity contribution < 1.29 is 0 Å². The van der Waals surface area contributed by atoms with Crippen LogP contribution in [-0.2, 0) is 0 Å². The summed E-state index contributed by atoms with van der Waals surface area (Å²) in [6, 6.07) is 0. The summed E-state index contributed by atoms with van der Waals surface area (Å²) in [6.07, 6.45) is 0. The van der Waals surface area contributed by atoms with Crippen molar-refractivity contribution in [3.05, 3.63) is 0 Å². The first kappa shape index (κ1) is 7.40. The molecule has 2 aliphatic rings. The van der Waals surface area contributed by atoms with Gasteiger partial charge in [-0.25, -0.2) is 0 Å². The summed E-state index contributed by atoms with van der Waals surface area (Å²) in [5.41, 5.74) is 0. The van der Waals surface area contributed by atoms with Crippen molar-refractivity contribution in [3.63, 3.8) is 0 Å². The third-order valence-corrected chi connectivity index (χ3v) is 8.92. The number of hydrogen-bond acceptors (Lipinski definition) is 5. The zero-order valence-electron chi connectivity index (χ0n) is 4.61. The van der Waals surface area contributed by atoms with E-state index < -0.39 is 0 Å². The Morgan fingerprint density at radius 2 is 1.44 bits per heavy atom. The minimum Gasteiger partial charge on any atom is -0.144 e. The van der Waals surface area contributed by atoms with Crippen LogP contribution >= 0.6 is 54.9 Å². The Kier molecular flexibility index (Phi) is 2.82. The maximum absolute atomic E-state index is 2.06. The monoisotopic (exact) mass is 214 g/mol. The van der Waals surface area contributed by atoms with Crippen molar-refractivity contribution in [3.8, 4) is 0 Å². The van der Waals surface area contributed by atoms with Gasteiger partial charge in [-0.1, -0.05) is 21.6 Å². The van der Waals surface area contributed by atoms with E-state index in [1.165, 1.54) is 11.5 Å². The normalized spacial score (nSPS) is 38.7. The molecule has 2 saturated heterocycles. The van der Waals surface area contributed by atoms with Gasteiger partial charge in [-0.05, 0) is 9.83 Å². The fraction of sp³-hybridized carbons (Fsp3) is 1.00. The van der Waals surface area contributed by atoms with E-state index in [4.69, 9.17) is 0 Å². The van der Waals surface area contributed by atoms with Crippen LogP contribution in [0.15, 0.2) is 0 Å². The first-order valence-corrected chi connectivity index (χ1v) is 8.38. The molecule has 0 radical (unpaired) electrons. The summed E-state index contributed by atoms with van der Waals surface area (Å²) in [5, 5.41) is 0. The van der Waals surface area contributed by atoms with Crippen LogP contribution in [0.25, 0.3) is 0 Å². The highest BCUT2D eigenvalue weighted by Gasteiger charge is 2.27. The summed E-state index contributed by atoms with van der Waals surface area (Å²) in [5.74, 6) is 2.77. The zero-order valence-corrected chi connectivity index (χ0v) is 8.69. The molecule has 5 heteroatoms. The minimum absolute atomic E-state index is 0.936. The summed E-state index contributed by atoms with van der Waals surface area (Å²) in [7, 11) is 6.07. The molecule has 2 aliphatic heterocycles. The maximum Gasteiger partial charge on any atom is 0.0705 e. The Morgan fingerprint density at radius 1 is 1.00 bits per heavy atom. The minimum atomic E-state index is 0.936. The van der Waals surface area contributed by atoms with Gasteiger partial charge >= 0.3 is 0 Å². The molecule has 0 saturated carbocycles. The number of rotatable bonds is 4. The van der Waals surface area contributed by atoms with Gasteiger partial charge in [0, 0.05) is 11.5 Å². The second-order valence-electron chi connectivity index (χ2n) is 1.79. The molecule has 2 rings (SSSR count). The Hall–Kier alpha value is 1.75. The van der Waals surface area contributed by atoms with Gasteiger partial charge < -0.3 is 0 Å². The molecule has 52 valence electrons. The lowest BCUT2D eigenvalue weighted by Crippen LogP contribution is -1.65. The summed E-state index contributed by atoms with van der Waals surface area (Å²) in [6.45, 7) is 0. The molecule has 2 fully saturated rings. The third-order valence-electron chi connectivity index (χ3n) is 0.899. The first-order valence-electron chi connectivity index (χ1n) is 2.67. The average Bonchev–Trinajstić information content (AvgIpc) is 2.57. The zero-order chi connectivity index (χ0) is 6.10. The van der Waals surface area contributed by atoms with Gasteiger partial charge in [0.15, 0.2) is 0 Å². The van der Waals surface area contributed by atoms with Crippen LogP contribution in [0.5, 0.6) is 0 Å². The summed E-state index contributed by atoms with van der Waals surface area (Å²) < 4.78 is 1.87. The molecule has 0 aromatic carbocycles. The van der Waals surface area contributed by atoms with Gasteiger partial charge in [0.05, 0.1) is 9.16 Å². The lowest BCUT2D eigenvalue weighted by Gasteiger charge is -1.91. The van der Waals surface area contributed by atoms with Crippen LogP contribution in [0.2, 0.25) is 0 Å². The predicted molar refractivity (Wildman–Crippen MR) is 55.3 cm³/mol. The second kappa shape index (κ2) is 3.43. The van der Waals surface area contributed by atoms with Gasteiger partial charge in [-0.2, -0.15) is 0 Å². The van der Waals surface area contributed by atoms with E-state index in [1.807, 2.05) is 31.4 Å². The molecule has 0 aliphatic carbocycles. The van der Waals surface area contributed by atoms with E-state index in [0.717, 1.165) is 9.16 Å². The maximum atomic E-state index is 2.06. The Bertz CT molecular complexity index is 85.1.